The first-order valence-electron chi connectivity index (χ1n) is 5.47. The molecule has 1 aromatic heterocycles. The zero-order valence-electron chi connectivity index (χ0n) is 9.17. The molecule has 7 heteroatoms. The number of hydrogen-bond acceptors (Lipinski definition) is 5. The van der Waals surface area contributed by atoms with Crippen LogP contribution < -0.4 is 9.62 Å². The van der Waals surface area contributed by atoms with Gasteiger partial charge >= 0.3 is 0 Å². The van der Waals surface area contributed by atoms with E-state index in [0.29, 0.717) is 32.1 Å². The Bertz CT molecular complexity index is 532. The summed E-state index contributed by atoms with van der Waals surface area (Å²) in [5.41, 5.74) is 0. The van der Waals surface area contributed by atoms with Crippen LogP contribution in [0.5, 0.6) is 0 Å². The lowest BCUT2D eigenvalue weighted by Gasteiger charge is -2.34. The van der Waals surface area contributed by atoms with Crippen molar-refractivity contribution in [2.75, 3.05) is 31.2 Å². The van der Waals surface area contributed by atoms with Crippen molar-refractivity contribution in [2.45, 2.75) is 18.4 Å². The quantitative estimate of drug-likeness (QED) is 0.730. The Morgan fingerprint density at radius 3 is 3.17 bits per heavy atom. The summed E-state index contributed by atoms with van der Waals surface area (Å²) in [5.74, 6) is 0.533. The molecular weight excluding hydrogens is 254 g/mol. The van der Waals surface area contributed by atoms with Gasteiger partial charge in [-0.15, -0.1) is 0 Å². The molecule has 0 amide bonds. The highest BCUT2D eigenvalue weighted by atomic mass is 32.2. The van der Waals surface area contributed by atoms with Gasteiger partial charge in [-0.1, -0.05) is 7.43 Å². The molecule has 1 N–H and O–H groups in total. The fourth-order valence-corrected chi connectivity index (χ4v) is 3.43. The second-order valence-electron chi connectivity index (χ2n) is 4.10. The highest BCUT2D eigenvalue weighted by molar-refractivity contribution is 7.89. The second kappa shape index (κ2) is 4.83. The van der Waals surface area contributed by atoms with Crippen LogP contribution in [0.15, 0.2) is 23.2 Å². The van der Waals surface area contributed by atoms with Crippen molar-refractivity contribution in [3.8, 4) is 0 Å². The maximum atomic E-state index is 12.0. The Kier molecular flexibility index (Phi) is 3.56. The van der Waals surface area contributed by atoms with E-state index in [1.54, 1.807) is 18.3 Å². The minimum atomic E-state index is -3.45. The topological polar surface area (TPSA) is 71.5 Å². The number of fused-ring (bicyclic) bond motifs is 3. The van der Waals surface area contributed by atoms with Gasteiger partial charge in [0.1, 0.15) is 10.7 Å². The number of morpholine rings is 1. The molecule has 0 aliphatic carbocycles. The fraction of sp³-hybridized carbons (Fsp3) is 0.545. The molecule has 1 aromatic rings. The van der Waals surface area contributed by atoms with Crippen LogP contribution in [-0.4, -0.2) is 45.7 Å². The van der Waals surface area contributed by atoms with E-state index in [2.05, 4.69) is 9.71 Å². The van der Waals surface area contributed by atoms with E-state index in [1.165, 1.54) is 0 Å². The molecule has 0 radical (unpaired) electrons. The van der Waals surface area contributed by atoms with Gasteiger partial charge in [0.05, 0.1) is 19.3 Å². The molecule has 18 heavy (non-hydrogen) atoms. The Balaban J connectivity index is 0.00000120. The van der Waals surface area contributed by atoms with Crippen LogP contribution in [0.1, 0.15) is 7.43 Å². The van der Waals surface area contributed by atoms with Gasteiger partial charge in [-0.3, -0.25) is 0 Å². The molecular formula is C11H17N3O3S. The minimum absolute atomic E-state index is 0. The van der Waals surface area contributed by atoms with E-state index in [4.69, 9.17) is 4.74 Å². The van der Waals surface area contributed by atoms with E-state index < -0.39 is 10.0 Å². The zero-order valence-corrected chi connectivity index (χ0v) is 9.98. The van der Waals surface area contributed by atoms with E-state index >= 15 is 0 Å². The summed E-state index contributed by atoms with van der Waals surface area (Å²) in [6, 6.07) is 3.25. The van der Waals surface area contributed by atoms with Crippen molar-refractivity contribution in [1.29, 1.82) is 0 Å². The summed E-state index contributed by atoms with van der Waals surface area (Å²) < 4.78 is 32.0. The van der Waals surface area contributed by atoms with E-state index in [1.807, 2.05) is 4.90 Å². The average molecular weight is 271 g/mol. The first kappa shape index (κ1) is 13.3. The van der Waals surface area contributed by atoms with Crippen LogP contribution in [0.2, 0.25) is 0 Å². The van der Waals surface area contributed by atoms with Gasteiger partial charge in [0.25, 0.3) is 0 Å². The number of ether oxygens (including phenoxy) is 1. The largest absolute Gasteiger partial charge is 0.377 e. The minimum Gasteiger partial charge on any atom is -0.377 e. The van der Waals surface area contributed by atoms with Crippen molar-refractivity contribution in [3.05, 3.63) is 18.3 Å². The number of aromatic nitrogens is 1. The van der Waals surface area contributed by atoms with Crippen LogP contribution in [0, 0.1) is 0 Å². The van der Waals surface area contributed by atoms with E-state index in [-0.39, 0.29) is 18.4 Å². The molecule has 0 spiro atoms. The lowest BCUT2D eigenvalue weighted by molar-refractivity contribution is 0.0950. The molecule has 0 bridgehead atoms. The molecule has 3 heterocycles. The highest BCUT2D eigenvalue weighted by Crippen LogP contribution is 2.27. The molecule has 0 unspecified atom stereocenters. The molecule has 0 saturated carbocycles. The molecule has 2 aliphatic heterocycles. The molecule has 1 saturated heterocycles. The van der Waals surface area contributed by atoms with Gasteiger partial charge < -0.3 is 9.64 Å². The lowest BCUT2D eigenvalue weighted by atomic mass is 10.2. The lowest BCUT2D eigenvalue weighted by Crippen LogP contribution is -2.49. The van der Waals surface area contributed by atoms with E-state index in [9.17, 15) is 8.42 Å². The van der Waals surface area contributed by atoms with Crippen LogP contribution in [-0.2, 0) is 14.8 Å². The number of hydrogen-bond donors (Lipinski definition) is 1. The Morgan fingerprint density at radius 2 is 2.33 bits per heavy atom. The van der Waals surface area contributed by atoms with Crippen molar-refractivity contribution in [2.24, 2.45) is 0 Å². The summed E-state index contributed by atoms with van der Waals surface area (Å²) in [6.45, 7) is 2.16. The van der Waals surface area contributed by atoms with Gasteiger partial charge in [-0.2, -0.15) is 0 Å². The van der Waals surface area contributed by atoms with Gasteiger partial charge in [-0.25, -0.2) is 18.1 Å². The molecule has 3 rings (SSSR count). The van der Waals surface area contributed by atoms with Gasteiger partial charge in [0.2, 0.25) is 10.0 Å². The third-order valence-corrected chi connectivity index (χ3v) is 4.49. The van der Waals surface area contributed by atoms with Crippen LogP contribution in [0.4, 0.5) is 5.82 Å². The number of nitrogens with zero attached hydrogens (tertiary/aromatic N) is 2. The second-order valence-corrected chi connectivity index (χ2v) is 5.83. The first-order valence-corrected chi connectivity index (χ1v) is 6.96. The number of rotatable bonds is 0. The Hall–Kier alpha value is -1.18. The summed E-state index contributed by atoms with van der Waals surface area (Å²) in [4.78, 5) is 6.47. The molecule has 0 aromatic carbocycles. The summed E-state index contributed by atoms with van der Waals surface area (Å²) in [6.07, 6.45) is 1.62. The number of anilines is 1. The van der Waals surface area contributed by atoms with Crippen molar-refractivity contribution < 1.29 is 13.2 Å². The first-order chi connectivity index (χ1) is 8.18. The summed E-state index contributed by atoms with van der Waals surface area (Å²) in [5, 5.41) is 0. The van der Waals surface area contributed by atoms with Crippen LogP contribution in [0.3, 0.4) is 0 Å². The molecule has 100 valence electrons. The Labute approximate surface area is 107 Å². The number of pyridine rings is 1. The van der Waals surface area contributed by atoms with Gasteiger partial charge in [-0.05, 0) is 12.1 Å². The normalized spacial score (nSPS) is 25.3. The predicted octanol–water partition coefficient (Wildman–Crippen LogP) is 0.215. The smallest absolute Gasteiger partial charge is 0.244 e. The molecule has 1 atom stereocenters. The average Bonchev–Trinajstić information content (AvgIpc) is 2.47. The molecule has 2 aliphatic rings. The summed E-state index contributed by atoms with van der Waals surface area (Å²) >= 11 is 0. The van der Waals surface area contributed by atoms with E-state index in [0.717, 1.165) is 0 Å². The van der Waals surface area contributed by atoms with Crippen molar-refractivity contribution >= 4 is 15.8 Å². The van der Waals surface area contributed by atoms with Crippen molar-refractivity contribution in [3.63, 3.8) is 0 Å². The fourth-order valence-electron chi connectivity index (χ4n) is 2.19. The highest BCUT2D eigenvalue weighted by Gasteiger charge is 2.33. The molecule has 6 nitrogen and oxygen atoms in total. The van der Waals surface area contributed by atoms with Crippen molar-refractivity contribution in [1.82, 2.24) is 9.71 Å². The SMILES string of the molecule is C.O=S1(=O)NC[C@H]2COCCN2c2ncccc21. The van der Waals surface area contributed by atoms with Gasteiger partial charge in [0, 0.05) is 19.3 Å². The summed E-state index contributed by atoms with van der Waals surface area (Å²) in [7, 11) is -3.45. The predicted molar refractivity (Wildman–Crippen MR) is 68.1 cm³/mol. The van der Waals surface area contributed by atoms with Crippen LogP contribution >= 0.6 is 0 Å². The third-order valence-electron chi connectivity index (χ3n) is 3.05. The van der Waals surface area contributed by atoms with Crippen LogP contribution in [0.25, 0.3) is 0 Å². The zero-order chi connectivity index (χ0) is 11.9. The maximum Gasteiger partial charge on any atom is 0.244 e. The van der Waals surface area contributed by atoms with Gasteiger partial charge in [0.15, 0.2) is 0 Å². The Morgan fingerprint density at radius 1 is 1.50 bits per heavy atom. The standard InChI is InChI=1S/C10H13N3O3S.CH4/c14-17(15)9-2-1-3-11-10(9)13-4-5-16-7-8(13)6-12-17;/h1-3,8,12H,4-7H2;1H4/t8-;/m0./s1. The monoisotopic (exact) mass is 271 g/mol. The number of sulfonamides is 1. The number of nitrogens with one attached hydrogen (secondary N) is 1. The maximum absolute atomic E-state index is 12.0. The molecule has 1 fully saturated rings. The third kappa shape index (κ3) is 2.09.